The number of nitrogens with one attached hydrogen (secondary N) is 2. The number of phenols is 1. The summed E-state index contributed by atoms with van der Waals surface area (Å²) in [5, 5.41) is 26.8. The second-order valence-electron chi connectivity index (χ2n) is 7.88. The molecular formula is C21H30N6O3. The van der Waals surface area contributed by atoms with Gasteiger partial charge in [0.2, 0.25) is 5.95 Å². The molecule has 9 heteroatoms. The standard InChI is InChI=1S/C21H30N6O3/c1-6-27-12-24-17-18(22-11-14-9-15(30-5)7-8-16(14)28)25-20(26-19(17)27)23-10-13(2)21(3,4)29/h7-9,12-13,28-29H,6,10-11H2,1-5H3,(H2,22,23,25,26). The van der Waals surface area contributed by atoms with E-state index >= 15 is 0 Å². The van der Waals surface area contributed by atoms with Gasteiger partial charge in [0.05, 0.1) is 19.0 Å². The first-order valence-electron chi connectivity index (χ1n) is 10.0. The van der Waals surface area contributed by atoms with Gasteiger partial charge >= 0.3 is 0 Å². The van der Waals surface area contributed by atoms with Crippen LogP contribution in [-0.4, -0.2) is 49.0 Å². The van der Waals surface area contributed by atoms with Crippen LogP contribution in [0.4, 0.5) is 11.8 Å². The van der Waals surface area contributed by atoms with Crippen molar-refractivity contribution in [1.29, 1.82) is 0 Å². The second-order valence-corrected chi connectivity index (χ2v) is 7.88. The average Bonchev–Trinajstić information content (AvgIpc) is 3.13. The number of aliphatic hydroxyl groups is 1. The van der Waals surface area contributed by atoms with Crippen LogP contribution in [0.1, 0.15) is 33.3 Å². The van der Waals surface area contributed by atoms with Gasteiger partial charge in [0.25, 0.3) is 0 Å². The number of benzene rings is 1. The molecule has 1 unspecified atom stereocenters. The third-order valence-corrected chi connectivity index (χ3v) is 5.31. The molecule has 3 rings (SSSR count). The smallest absolute Gasteiger partial charge is 0.226 e. The highest BCUT2D eigenvalue weighted by molar-refractivity contribution is 5.84. The van der Waals surface area contributed by atoms with E-state index in [9.17, 15) is 10.2 Å². The Balaban J connectivity index is 1.88. The van der Waals surface area contributed by atoms with Gasteiger partial charge in [-0.15, -0.1) is 0 Å². The lowest BCUT2D eigenvalue weighted by Crippen LogP contribution is -2.33. The summed E-state index contributed by atoms with van der Waals surface area (Å²) >= 11 is 0. The summed E-state index contributed by atoms with van der Waals surface area (Å²) in [6, 6.07) is 5.08. The molecule has 30 heavy (non-hydrogen) atoms. The van der Waals surface area contributed by atoms with E-state index in [1.165, 1.54) is 0 Å². The average molecular weight is 415 g/mol. The summed E-state index contributed by atoms with van der Waals surface area (Å²) in [5.41, 5.74) is 1.23. The number of hydrogen-bond donors (Lipinski definition) is 4. The Hall–Kier alpha value is -3.07. The van der Waals surface area contributed by atoms with E-state index in [2.05, 4.69) is 25.6 Å². The number of aromatic hydroxyl groups is 1. The molecule has 1 aromatic carbocycles. The lowest BCUT2D eigenvalue weighted by atomic mass is 9.93. The zero-order valence-corrected chi connectivity index (χ0v) is 18.1. The number of rotatable bonds is 9. The van der Waals surface area contributed by atoms with Crippen molar-refractivity contribution in [2.24, 2.45) is 5.92 Å². The molecule has 0 fully saturated rings. The van der Waals surface area contributed by atoms with Gasteiger partial charge < -0.3 is 30.2 Å². The fourth-order valence-electron chi connectivity index (χ4n) is 2.88. The maximum absolute atomic E-state index is 10.2. The normalized spacial score (nSPS) is 12.7. The summed E-state index contributed by atoms with van der Waals surface area (Å²) < 4.78 is 7.18. The third-order valence-electron chi connectivity index (χ3n) is 5.31. The molecule has 0 radical (unpaired) electrons. The Morgan fingerprint density at radius 2 is 2.00 bits per heavy atom. The van der Waals surface area contributed by atoms with Crippen molar-refractivity contribution in [3.8, 4) is 11.5 Å². The number of ether oxygens (including phenoxy) is 1. The number of aryl methyl sites for hydroxylation is 1. The molecule has 0 spiro atoms. The number of nitrogens with zero attached hydrogens (tertiary/aromatic N) is 4. The topological polar surface area (TPSA) is 117 Å². The minimum atomic E-state index is -0.812. The summed E-state index contributed by atoms with van der Waals surface area (Å²) in [6.07, 6.45) is 1.73. The Kier molecular flexibility index (Phi) is 6.31. The largest absolute Gasteiger partial charge is 0.508 e. The van der Waals surface area contributed by atoms with Gasteiger partial charge in [-0.2, -0.15) is 9.97 Å². The van der Waals surface area contributed by atoms with E-state index in [0.29, 0.717) is 47.3 Å². The van der Waals surface area contributed by atoms with Crippen LogP contribution in [-0.2, 0) is 13.1 Å². The summed E-state index contributed by atoms with van der Waals surface area (Å²) in [4.78, 5) is 13.6. The third kappa shape index (κ3) is 4.73. The Morgan fingerprint density at radius 3 is 2.67 bits per heavy atom. The first-order chi connectivity index (χ1) is 14.2. The number of fused-ring (bicyclic) bond motifs is 1. The summed E-state index contributed by atoms with van der Waals surface area (Å²) in [5.74, 6) is 1.85. The number of methoxy groups -OCH3 is 1. The molecule has 0 bridgehead atoms. The molecule has 162 valence electrons. The molecule has 2 aromatic heterocycles. The molecule has 0 saturated carbocycles. The van der Waals surface area contributed by atoms with Crippen molar-refractivity contribution in [2.75, 3.05) is 24.3 Å². The van der Waals surface area contributed by atoms with Gasteiger partial charge in [0, 0.05) is 31.1 Å². The summed E-state index contributed by atoms with van der Waals surface area (Å²) in [6.45, 7) is 9.13. The van der Waals surface area contributed by atoms with Crippen molar-refractivity contribution < 1.29 is 14.9 Å². The molecule has 0 aliphatic rings. The van der Waals surface area contributed by atoms with Gasteiger partial charge in [-0.25, -0.2) is 4.98 Å². The lowest BCUT2D eigenvalue weighted by Gasteiger charge is -2.26. The molecule has 0 aliphatic carbocycles. The Morgan fingerprint density at radius 1 is 1.23 bits per heavy atom. The minimum Gasteiger partial charge on any atom is -0.508 e. The molecule has 4 N–H and O–H groups in total. The van der Waals surface area contributed by atoms with Gasteiger partial charge in [0.1, 0.15) is 11.5 Å². The highest BCUT2D eigenvalue weighted by atomic mass is 16.5. The van der Waals surface area contributed by atoms with Crippen LogP contribution >= 0.6 is 0 Å². The maximum atomic E-state index is 10.2. The van der Waals surface area contributed by atoms with Crippen LogP contribution in [0, 0.1) is 5.92 Å². The number of phenolic OH excluding ortho intramolecular Hbond substituents is 1. The Labute approximate surface area is 176 Å². The monoisotopic (exact) mass is 414 g/mol. The van der Waals surface area contributed by atoms with Crippen LogP contribution in [0.5, 0.6) is 11.5 Å². The molecule has 1 atom stereocenters. The number of anilines is 2. The maximum Gasteiger partial charge on any atom is 0.226 e. The highest BCUT2D eigenvalue weighted by Gasteiger charge is 2.22. The van der Waals surface area contributed by atoms with Crippen LogP contribution in [0.15, 0.2) is 24.5 Å². The predicted octanol–water partition coefficient (Wildman–Crippen LogP) is 2.99. The zero-order valence-electron chi connectivity index (χ0n) is 18.1. The van der Waals surface area contributed by atoms with Gasteiger partial charge in [0.15, 0.2) is 17.0 Å². The molecular weight excluding hydrogens is 384 g/mol. The minimum absolute atomic E-state index is 0.00183. The van der Waals surface area contributed by atoms with Crippen molar-refractivity contribution in [2.45, 2.75) is 46.4 Å². The highest BCUT2D eigenvalue weighted by Crippen LogP contribution is 2.26. The van der Waals surface area contributed by atoms with Crippen molar-refractivity contribution in [3.05, 3.63) is 30.1 Å². The molecule has 2 heterocycles. The van der Waals surface area contributed by atoms with E-state index in [1.807, 2.05) is 18.4 Å². The van der Waals surface area contributed by atoms with E-state index in [-0.39, 0.29) is 11.7 Å². The molecule has 0 aliphatic heterocycles. The predicted molar refractivity (Wildman–Crippen MR) is 117 cm³/mol. The van der Waals surface area contributed by atoms with Crippen LogP contribution < -0.4 is 15.4 Å². The fourth-order valence-corrected chi connectivity index (χ4v) is 2.88. The van der Waals surface area contributed by atoms with Crippen molar-refractivity contribution in [3.63, 3.8) is 0 Å². The van der Waals surface area contributed by atoms with Gasteiger partial charge in [-0.1, -0.05) is 6.92 Å². The first kappa shape index (κ1) is 21.6. The second kappa shape index (κ2) is 8.74. The van der Waals surface area contributed by atoms with Crippen LogP contribution in [0.3, 0.4) is 0 Å². The zero-order chi connectivity index (χ0) is 21.9. The lowest BCUT2D eigenvalue weighted by molar-refractivity contribution is 0.0303. The summed E-state index contributed by atoms with van der Waals surface area (Å²) in [7, 11) is 1.58. The quantitative estimate of drug-likeness (QED) is 0.422. The fraction of sp³-hybridized carbons (Fsp3) is 0.476. The first-order valence-corrected chi connectivity index (χ1v) is 10.0. The van der Waals surface area contributed by atoms with Crippen LogP contribution in [0.2, 0.25) is 0 Å². The molecule has 0 saturated heterocycles. The molecule has 0 amide bonds. The molecule has 9 nitrogen and oxygen atoms in total. The van der Waals surface area contributed by atoms with Crippen molar-refractivity contribution in [1.82, 2.24) is 19.5 Å². The van der Waals surface area contributed by atoms with Crippen LogP contribution in [0.25, 0.3) is 11.2 Å². The molecule has 3 aromatic rings. The van der Waals surface area contributed by atoms with E-state index in [1.54, 1.807) is 45.5 Å². The van der Waals surface area contributed by atoms with Crippen molar-refractivity contribution >= 4 is 22.9 Å². The van der Waals surface area contributed by atoms with Gasteiger partial charge in [-0.3, -0.25) is 0 Å². The number of aromatic nitrogens is 4. The van der Waals surface area contributed by atoms with Gasteiger partial charge in [-0.05, 0) is 39.0 Å². The number of imidazole rings is 1. The van der Waals surface area contributed by atoms with E-state index < -0.39 is 5.60 Å². The SMILES string of the molecule is CCn1cnc2c(NCc3cc(OC)ccc3O)nc(NCC(C)C(C)(C)O)nc21. The van der Waals surface area contributed by atoms with E-state index in [0.717, 1.165) is 6.54 Å². The van der Waals surface area contributed by atoms with E-state index in [4.69, 9.17) is 4.74 Å². The Bertz CT molecular complexity index is 1010. The number of hydrogen-bond acceptors (Lipinski definition) is 8.